The van der Waals surface area contributed by atoms with Crippen molar-refractivity contribution in [3.63, 3.8) is 0 Å². The second kappa shape index (κ2) is 9.06. The average molecular weight is 393 g/mol. The SMILES string of the molecule is CN=C(NCc1ccccc1S(=O)(=O)N1CCCCC1)N1CCCC(C)C1. The van der Waals surface area contributed by atoms with E-state index in [1.807, 2.05) is 18.2 Å². The van der Waals surface area contributed by atoms with Crippen molar-refractivity contribution in [1.29, 1.82) is 0 Å². The summed E-state index contributed by atoms with van der Waals surface area (Å²) in [4.78, 5) is 7.11. The van der Waals surface area contributed by atoms with Crippen molar-refractivity contribution in [3.05, 3.63) is 29.8 Å². The van der Waals surface area contributed by atoms with Crippen molar-refractivity contribution in [1.82, 2.24) is 14.5 Å². The molecule has 0 aromatic heterocycles. The highest BCUT2D eigenvalue weighted by molar-refractivity contribution is 7.89. The van der Waals surface area contributed by atoms with Crippen LogP contribution >= 0.6 is 0 Å². The van der Waals surface area contributed by atoms with Gasteiger partial charge in [0.15, 0.2) is 5.96 Å². The summed E-state index contributed by atoms with van der Waals surface area (Å²) in [6.07, 6.45) is 5.42. The minimum absolute atomic E-state index is 0.418. The number of benzene rings is 1. The molecule has 6 nitrogen and oxygen atoms in total. The molecule has 7 heteroatoms. The summed E-state index contributed by atoms with van der Waals surface area (Å²) >= 11 is 0. The van der Waals surface area contributed by atoms with E-state index in [1.165, 1.54) is 12.8 Å². The normalized spacial score (nSPS) is 22.7. The average Bonchev–Trinajstić information content (AvgIpc) is 2.69. The Kier molecular flexibility index (Phi) is 6.76. The van der Waals surface area contributed by atoms with Gasteiger partial charge in [0.25, 0.3) is 0 Å². The van der Waals surface area contributed by atoms with Crippen LogP contribution in [0.5, 0.6) is 0 Å². The van der Waals surface area contributed by atoms with Gasteiger partial charge in [-0.15, -0.1) is 0 Å². The number of hydrogen-bond acceptors (Lipinski definition) is 3. The Morgan fingerprint density at radius 2 is 1.89 bits per heavy atom. The monoisotopic (exact) mass is 392 g/mol. The van der Waals surface area contributed by atoms with Crippen LogP contribution in [0.2, 0.25) is 0 Å². The molecule has 0 amide bonds. The van der Waals surface area contributed by atoms with Gasteiger partial charge in [-0.3, -0.25) is 4.99 Å². The van der Waals surface area contributed by atoms with E-state index < -0.39 is 10.0 Å². The fourth-order valence-corrected chi connectivity index (χ4v) is 5.77. The lowest BCUT2D eigenvalue weighted by atomic mass is 10.0. The van der Waals surface area contributed by atoms with Crippen molar-refractivity contribution >= 4 is 16.0 Å². The third kappa shape index (κ3) is 4.82. The zero-order valence-electron chi connectivity index (χ0n) is 16.5. The maximum absolute atomic E-state index is 13.1. The molecule has 1 N–H and O–H groups in total. The van der Waals surface area contributed by atoms with Crippen molar-refractivity contribution in [2.24, 2.45) is 10.9 Å². The summed E-state index contributed by atoms with van der Waals surface area (Å²) in [5.41, 5.74) is 0.800. The first-order chi connectivity index (χ1) is 13.0. The second-order valence-corrected chi connectivity index (χ2v) is 9.57. The number of nitrogens with one attached hydrogen (secondary N) is 1. The molecule has 2 aliphatic rings. The number of piperidine rings is 2. The van der Waals surface area contributed by atoms with E-state index in [2.05, 4.69) is 22.1 Å². The number of likely N-dealkylation sites (tertiary alicyclic amines) is 1. The van der Waals surface area contributed by atoms with Crippen molar-refractivity contribution in [2.75, 3.05) is 33.2 Å². The molecule has 0 aliphatic carbocycles. The zero-order chi connectivity index (χ0) is 19.3. The molecule has 0 bridgehead atoms. The Bertz CT molecular complexity index is 757. The van der Waals surface area contributed by atoms with Gasteiger partial charge in [0.05, 0.1) is 4.90 Å². The molecule has 2 aliphatic heterocycles. The first kappa shape index (κ1) is 20.1. The molecule has 0 spiro atoms. The fraction of sp³-hybridized carbons (Fsp3) is 0.650. The third-order valence-corrected chi connectivity index (χ3v) is 7.51. The Labute approximate surface area is 163 Å². The van der Waals surface area contributed by atoms with Crippen molar-refractivity contribution in [2.45, 2.75) is 50.5 Å². The van der Waals surface area contributed by atoms with E-state index in [0.29, 0.717) is 30.4 Å². The van der Waals surface area contributed by atoms with E-state index in [-0.39, 0.29) is 0 Å². The minimum Gasteiger partial charge on any atom is -0.352 e. The van der Waals surface area contributed by atoms with Gasteiger partial charge in [0.1, 0.15) is 0 Å². The number of hydrogen-bond donors (Lipinski definition) is 1. The quantitative estimate of drug-likeness (QED) is 0.632. The number of aliphatic imine (C=N–C) groups is 1. The lowest BCUT2D eigenvalue weighted by molar-refractivity contribution is 0.266. The predicted octanol–water partition coefficient (Wildman–Crippen LogP) is 2.67. The molecule has 1 atom stereocenters. The van der Waals surface area contributed by atoms with Gasteiger partial charge in [-0.05, 0) is 43.2 Å². The van der Waals surface area contributed by atoms with Gasteiger partial charge in [-0.25, -0.2) is 8.42 Å². The molecule has 1 aromatic carbocycles. The van der Waals surface area contributed by atoms with Crippen LogP contribution in [-0.4, -0.2) is 56.8 Å². The van der Waals surface area contributed by atoms with Gasteiger partial charge >= 0.3 is 0 Å². The number of nitrogens with zero attached hydrogens (tertiary/aromatic N) is 3. The van der Waals surface area contributed by atoms with E-state index in [0.717, 1.165) is 43.9 Å². The van der Waals surface area contributed by atoms with Gasteiger partial charge in [0.2, 0.25) is 10.0 Å². The van der Waals surface area contributed by atoms with Gasteiger partial charge in [-0.1, -0.05) is 31.5 Å². The molecular formula is C20H32N4O2S. The van der Waals surface area contributed by atoms with Gasteiger partial charge in [0, 0.05) is 39.8 Å². The highest BCUT2D eigenvalue weighted by Gasteiger charge is 2.28. The van der Waals surface area contributed by atoms with Crippen molar-refractivity contribution in [3.8, 4) is 0 Å². The van der Waals surface area contributed by atoms with E-state index in [4.69, 9.17) is 0 Å². The smallest absolute Gasteiger partial charge is 0.243 e. The van der Waals surface area contributed by atoms with Crippen LogP contribution in [0.3, 0.4) is 0 Å². The zero-order valence-corrected chi connectivity index (χ0v) is 17.3. The molecule has 1 unspecified atom stereocenters. The van der Waals surface area contributed by atoms with Crippen LogP contribution in [0.15, 0.2) is 34.2 Å². The molecule has 2 heterocycles. The molecule has 150 valence electrons. The molecule has 2 saturated heterocycles. The Morgan fingerprint density at radius 1 is 1.15 bits per heavy atom. The lowest BCUT2D eigenvalue weighted by Crippen LogP contribution is -2.46. The topological polar surface area (TPSA) is 65.0 Å². The van der Waals surface area contributed by atoms with Gasteiger partial charge < -0.3 is 10.2 Å². The first-order valence-corrected chi connectivity index (χ1v) is 11.5. The molecule has 0 saturated carbocycles. The minimum atomic E-state index is -3.44. The maximum Gasteiger partial charge on any atom is 0.243 e. The van der Waals surface area contributed by atoms with Crippen LogP contribution in [0.4, 0.5) is 0 Å². The van der Waals surface area contributed by atoms with E-state index in [9.17, 15) is 8.42 Å². The summed E-state index contributed by atoms with van der Waals surface area (Å²) in [5, 5.41) is 3.38. The highest BCUT2D eigenvalue weighted by Crippen LogP contribution is 2.23. The third-order valence-electron chi connectivity index (χ3n) is 5.51. The maximum atomic E-state index is 13.1. The summed E-state index contributed by atoms with van der Waals surface area (Å²) in [5.74, 6) is 1.51. The molecule has 3 rings (SSSR count). The second-order valence-electron chi connectivity index (χ2n) is 7.67. The van der Waals surface area contributed by atoms with Crippen LogP contribution in [0.25, 0.3) is 0 Å². The Balaban J connectivity index is 1.74. The van der Waals surface area contributed by atoms with Crippen LogP contribution < -0.4 is 5.32 Å². The first-order valence-electron chi connectivity index (χ1n) is 10.1. The van der Waals surface area contributed by atoms with E-state index >= 15 is 0 Å². The molecule has 27 heavy (non-hydrogen) atoms. The summed E-state index contributed by atoms with van der Waals surface area (Å²) in [6.45, 7) is 5.96. The van der Waals surface area contributed by atoms with Crippen LogP contribution in [0.1, 0.15) is 44.6 Å². The van der Waals surface area contributed by atoms with Crippen LogP contribution in [0, 0.1) is 5.92 Å². The summed E-state index contributed by atoms with van der Waals surface area (Å²) < 4.78 is 27.9. The number of guanidine groups is 1. The molecule has 1 aromatic rings. The fourth-order valence-electron chi connectivity index (χ4n) is 4.03. The largest absolute Gasteiger partial charge is 0.352 e. The van der Waals surface area contributed by atoms with Gasteiger partial charge in [-0.2, -0.15) is 4.31 Å². The Morgan fingerprint density at radius 3 is 2.59 bits per heavy atom. The summed E-state index contributed by atoms with van der Waals surface area (Å²) in [7, 11) is -1.65. The summed E-state index contributed by atoms with van der Waals surface area (Å²) in [6, 6.07) is 7.34. The standard InChI is InChI=1S/C20H32N4O2S/c1-17-9-8-12-23(16-17)20(21-2)22-15-18-10-4-5-11-19(18)27(25,26)24-13-6-3-7-14-24/h4-5,10-11,17H,3,6-9,12-16H2,1-2H3,(H,21,22). The predicted molar refractivity (Wildman–Crippen MR) is 109 cm³/mol. The highest BCUT2D eigenvalue weighted by atomic mass is 32.2. The molecular weight excluding hydrogens is 360 g/mol. The lowest BCUT2D eigenvalue weighted by Gasteiger charge is -2.33. The van der Waals surface area contributed by atoms with Crippen LogP contribution in [-0.2, 0) is 16.6 Å². The number of rotatable bonds is 4. The van der Waals surface area contributed by atoms with E-state index in [1.54, 1.807) is 17.4 Å². The molecule has 2 fully saturated rings. The Hall–Kier alpha value is -1.60. The molecule has 0 radical (unpaired) electrons. The van der Waals surface area contributed by atoms with Crippen molar-refractivity contribution < 1.29 is 8.42 Å². The number of sulfonamides is 1.